The summed E-state index contributed by atoms with van der Waals surface area (Å²) in [6, 6.07) is 7.65. The molecular formula is C15H23N3O2S. The Hall–Kier alpha value is -1.82. The SMILES string of the molecule is CCOc1ccc(NC(=S)N(C)CC(=O)NC(C)C)cc1. The van der Waals surface area contributed by atoms with Crippen molar-refractivity contribution in [3.8, 4) is 5.75 Å². The Morgan fingerprint density at radius 3 is 2.48 bits per heavy atom. The molecule has 2 N–H and O–H groups in total. The Bertz CT molecular complexity index is 474. The Morgan fingerprint density at radius 2 is 1.95 bits per heavy atom. The minimum Gasteiger partial charge on any atom is -0.494 e. The molecule has 0 heterocycles. The molecule has 0 aromatic heterocycles. The summed E-state index contributed by atoms with van der Waals surface area (Å²) in [7, 11) is 1.78. The van der Waals surface area contributed by atoms with E-state index in [-0.39, 0.29) is 18.5 Å². The number of amides is 1. The molecule has 1 amide bonds. The third-order valence-electron chi connectivity index (χ3n) is 2.59. The second-order valence-corrected chi connectivity index (χ2v) is 5.35. The molecule has 0 saturated heterocycles. The van der Waals surface area contributed by atoms with Crippen LogP contribution < -0.4 is 15.4 Å². The summed E-state index contributed by atoms with van der Waals surface area (Å²) in [6.07, 6.45) is 0. The van der Waals surface area contributed by atoms with Gasteiger partial charge in [0.05, 0.1) is 13.2 Å². The summed E-state index contributed by atoms with van der Waals surface area (Å²) >= 11 is 5.28. The van der Waals surface area contributed by atoms with Crippen molar-refractivity contribution in [2.45, 2.75) is 26.8 Å². The van der Waals surface area contributed by atoms with Crippen LogP contribution in [-0.2, 0) is 4.79 Å². The summed E-state index contributed by atoms with van der Waals surface area (Å²) < 4.78 is 5.38. The summed E-state index contributed by atoms with van der Waals surface area (Å²) in [5, 5.41) is 6.42. The van der Waals surface area contributed by atoms with E-state index < -0.39 is 0 Å². The zero-order valence-electron chi connectivity index (χ0n) is 13.0. The Balaban J connectivity index is 2.49. The number of nitrogens with zero attached hydrogens (tertiary/aromatic N) is 1. The highest BCUT2D eigenvalue weighted by molar-refractivity contribution is 7.80. The normalized spacial score (nSPS) is 10.1. The van der Waals surface area contributed by atoms with Crippen molar-refractivity contribution in [2.24, 2.45) is 0 Å². The van der Waals surface area contributed by atoms with Gasteiger partial charge >= 0.3 is 0 Å². The maximum atomic E-state index is 11.7. The first kappa shape index (κ1) is 17.2. The molecule has 21 heavy (non-hydrogen) atoms. The van der Waals surface area contributed by atoms with Crippen LogP contribution in [0.1, 0.15) is 20.8 Å². The van der Waals surface area contributed by atoms with Crippen molar-refractivity contribution < 1.29 is 9.53 Å². The van der Waals surface area contributed by atoms with Gasteiger partial charge in [0.1, 0.15) is 5.75 Å². The van der Waals surface area contributed by atoms with Crippen LogP contribution in [0.15, 0.2) is 24.3 Å². The molecule has 0 aliphatic heterocycles. The first-order valence-electron chi connectivity index (χ1n) is 6.96. The monoisotopic (exact) mass is 309 g/mol. The molecule has 0 fully saturated rings. The van der Waals surface area contributed by atoms with Gasteiger partial charge in [0.15, 0.2) is 5.11 Å². The van der Waals surface area contributed by atoms with Gasteiger partial charge in [0.2, 0.25) is 5.91 Å². The molecule has 1 aromatic rings. The number of ether oxygens (including phenoxy) is 1. The number of anilines is 1. The molecule has 116 valence electrons. The van der Waals surface area contributed by atoms with Gasteiger partial charge in [0, 0.05) is 18.8 Å². The fourth-order valence-corrected chi connectivity index (χ4v) is 1.86. The largest absolute Gasteiger partial charge is 0.494 e. The standard InChI is InChI=1S/C15H23N3O2S/c1-5-20-13-8-6-12(7-9-13)17-15(21)18(4)10-14(19)16-11(2)3/h6-9,11H,5,10H2,1-4H3,(H,16,19)(H,17,21). The van der Waals surface area contributed by atoms with E-state index in [1.165, 1.54) is 0 Å². The molecule has 0 bridgehead atoms. The van der Waals surface area contributed by atoms with Crippen LogP contribution in [-0.4, -0.2) is 42.2 Å². The predicted molar refractivity (Wildman–Crippen MR) is 89.7 cm³/mol. The molecule has 6 heteroatoms. The lowest BCUT2D eigenvalue weighted by atomic mass is 10.3. The number of rotatable bonds is 6. The zero-order chi connectivity index (χ0) is 15.8. The molecule has 0 atom stereocenters. The quantitative estimate of drug-likeness (QED) is 0.789. The number of carbonyl (C=O) groups is 1. The third-order valence-corrected chi connectivity index (χ3v) is 3.01. The first-order valence-corrected chi connectivity index (χ1v) is 7.37. The molecule has 5 nitrogen and oxygen atoms in total. The second kappa shape index (κ2) is 8.46. The number of benzene rings is 1. The fourth-order valence-electron chi connectivity index (χ4n) is 1.67. The van der Waals surface area contributed by atoms with E-state index in [1.807, 2.05) is 45.0 Å². The maximum Gasteiger partial charge on any atom is 0.239 e. The van der Waals surface area contributed by atoms with E-state index in [4.69, 9.17) is 17.0 Å². The smallest absolute Gasteiger partial charge is 0.239 e. The highest BCUT2D eigenvalue weighted by atomic mass is 32.1. The Kier molecular flexibility index (Phi) is 6.94. The lowest BCUT2D eigenvalue weighted by Crippen LogP contribution is -2.42. The van der Waals surface area contributed by atoms with Gasteiger partial charge in [-0.1, -0.05) is 0 Å². The molecule has 0 saturated carbocycles. The van der Waals surface area contributed by atoms with Crippen molar-refractivity contribution in [1.29, 1.82) is 0 Å². The molecular weight excluding hydrogens is 286 g/mol. The molecule has 0 aliphatic carbocycles. The number of nitrogens with one attached hydrogen (secondary N) is 2. The molecule has 0 unspecified atom stereocenters. The van der Waals surface area contributed by atoms with Crippen LogP contribution in [0.2, 0.25) is 0 Å². The summed E-state index contributed by atoms with van der Waals surface area (Å²) in [5.74, 6) is 0.766. The molecule has 1 aromatic carbocycles. The third kappa shape index (κ3) is 6.44. The van der Waals surface area contributed by atoms with Crippen molar-refractivity contribution in [3.63, 3.8) is 0 Å². The molecule has 0 radical (unpaired) electrons. The van der Waals surface area contributed by atoms with Crippen LogP contribution in [0.3, 0.4) is 0 Å². The topological polar surface area (TPSA) is 53.6 Å². The van der Waals surface area contributed by atoms with Crippen molar-refractivity contribution in [3.05, 3.63) is 24.3 Å². The van der Waals surface area contributed by atoms with Crippen LogP contribution in [0.4, 0.5) is 5.69 Å². The van der Waals surface area contributed by atoms with Crippen molar-refractivity contribution in [1.82, 2.24) is 10.2 Å². The first-order chi connectivity index (χ1) is 9.92. The minimum absolute atomic E-state index is 0.0525. The fraction of sp³-hybridized carbons (Fsp3) is 0.467. The highest BCUT2D eigenvalue weighted by Gasteiger charge is 2.10. The lowest BCUT2D eigenvalue weighted by Gasteiger charge is -2.21. The molecule has 0 spiro atoms. The van der Waals surface area contributed by atoms with Gasteiger partial charge in [0.25, 0.3) is 0 Å². The average Bonchev–Trinajstić information content (AvgIpc) is 2.40. The lowest BCUT2D eigenvalue weighted by molar-refractivity contribution is -0.121. The molecule has 1 rings (SSSR count). The van der Waals surface area contributed by atoms with Gasteiger partial charge in [-0.3, -0.25) is 4.79 Å². The number of hydrogen-bond acceptors (Lipinski definition) is 3. The van der Waals surface area contributed by atoms with Crippen LogP contribution in [0.25, 0.3) is 0 Å². The maximum absolute atomic E-state index is 11.7. The zero-order valence-corrected chi connectivity index (χ0v) is 13.8. The minimum atomic E-state index is -0.0525. The second-order valence-electron chi connectivity index (χ2n) is 4.97. The van der Waals surface area contributed by atoms with E-state index in [2.05, 4.69) is 10.6 Å². The Morgan fingerprint density at radius 1 is 1.33 bits per heavy atom. The van der Waals surface area contributed by atoms with E-state index in [0.29, 0.717) is 11.7 Å². The van der Waals surface area contributed by atoms with Gasteiger partial charge < -0.3 is 20.3 Å². The molecule has 0 aliphatic rings. The van der Waals surface area contributed by atoms with Crippen LogP contribution >= 0.6 is 12.2 Å². The van der Waals surface area contributed by atoms with Crippen molar-refractivity contribution in [2.75, 3.05) is 25.5 Å². The van der Waals surface area contributed by atoms with Gasteiger partial charge in [-0.05, 0) is 57.3 Å². The van der Waals surface area contributed by atoms with Gasteiger partial charge in [-0.2, -0.15) is 0 Å². The predicted octanol–water partition coefficient (Wildman–Crippen LogP) is 2.24. The average molecular weight is 309 g/mol. The Labute approximate surface area is 131 Å². The van der Waals surface area contributed by atoms with Crippen LogP contribution in [0, 0.1) is 0 Å². The van der Waals surface area contributed by atoms with E-state index >= 15 is 0 Å². The summed E-state index contributed by atoms with van der Waals surface area (Å²) in [5.41, 5.74) is 0.861. The highest BCUT2D eigenvalue weighted by Crippen LogP contribution is 2.15. The van der Waals surface area contributed by atoms with Crippen LogP contribution in [0.5, 0.6) is 5.75 Å². The van der Waals surface area contributed by atoms with E-state index in [1.54, 1.807) is 11.9 Å². The summed E-state index contributed by atoms with van der Waals surface area (Å²) in [4.78, 5) is 13.4. The van der Waals surface area contributed by atoms with E-state index in [0.717, 1.165) is 11.4 Å². The number of carbonyl (C=O) groups excluding carboxylic acids is 1. The summed E-state index contributed by atoms with van der Waals surface area (Å²) in [6.45, 7) is 6.65. The van der Waals surface area contributed by atoms with Gasteiger partial charge in [-0.25, -0.2) is 0 Å². The van der Waals surface area contributed by atoms with Gasteiger partial charge in [-0.15, -0.1) is 0 Å². The van der Waals surface area contributed by atoms with Crippen molar-refractivity contribution >= 4 is 28.9 Å². The number of likely N-dealkylation sites (N-methyl/N-ethyl adjacent to an activating group) is 1. The van der Waals surface area contributed by atoms with E-state index in [9.17, 15) is 4.79 Å². The number of hydrogen-bond donors (Lipinski definition) is 2. The number of thiocarbonyl (C=S) groups is 1.